The van der Waals surface area contributed by atoms with Crippen molar-refractivity contribution in [2.24, 2.45) is 0 Å². The summed E-state index contributed by atoms with van der Waals surface area (Å²) in [5.74, 6) is -0.500. The van der Waals surface area contributed by atoms with Gasteiger partial charge >= 0.3 is 0 Å². The molecule has 0 fully saturated rings. The molecule has 0 aliphatic heterocycles. The van der Waals surface area contributed by atoms with E-state index in [-0.39, 0.29) is 17.3 Å². The number of benzene rings is 1. The van der Waals surface area contributed by atoms with E-state index in [1.165, 1.54) is 24.4 Å². The Morgan fingerprint density at radius 3 is 2.75 bits per heavy atom. The molecule has 7 nitrogen and oxygen atoms in total. The van der Waals surface area contributed by atoms with Crippen LogP contribution in [0.2, 0.25) is 0 Å². The van der Waals surface area contributed by atoms with Gasteiger partial charge in [0.2, 0.25) is 0 Å². The molecule has 7 heteroatoms. The van der Waals surface area contributed by atoms with Gasteiger partial charge in [-0.05, 0) is 19.9 Å². The predicted octanol–water partition coefficient (Wildman–Crippen LogP) is 1.94. The summed E-state index contributed by atoms with van der Waals surface area (Å²) in [5.41, 5.74) is 0.239. The van der Waals surface area contributed by atoms with Crippen LogP contribution in [0.3, 0.4) is 0 Å². The minimum absolute atomic E-state index is 0.0754. The van der Waals surface area contributed by atoms with Crippen molar-refractivity contribution in [2.75, 3.05) is 5.32 Å². The number of hydrogen-bond donors (Lipinski definition) is 2. The maximum absolute atomic E-state index is 11.6. The molecule has 1 amide bonds. The zero-order chi connectivity index (χ0) is 15.1. The molecule has 1 aromatic carbocycles. The van der Waals surface area contributed by atoms with E-state index in [1.807, 2.05) is 0 Å². The van der Waals surface area contributed by atoms with E-state index < -0.39 is 10.8 Å². The zero-order valence-electron chi connectivity index (χ0n) is 11.1. The number of carbonyl (C=O) groups excluding carboxylic acids is 1. The van der Waals surface area contributed by atoms with Crippen molar-refractivity contribution in [3.63, 3.8) is 0 Å². The Kier molecular flexibility index (Phi) is 5.23. The highest BCUT2D eigenvalue weighted by Crippen LogP contribution is 2.17. The van der Waals surface area contributed by atoms with Crippen molar-refractivity contribution in [3.8, 4) is 6.07 Å². The van der Waals surface area contributed by atoms with E-state index in [0.717, 1.165) is 0 Å². The summed E-state index contributed by atoms with van der Waals surface area (Å²) in [4.78, 5) is 21.7. The van der Waals surface area contributed by atoms with Gasteiger partial charge < -0.3 is 10.6 Å². The molecule has 0 unspecified atom stereocenters. The number of nitrogens with one attached hydrogen (secondary N) is 2. The molecule has 0 aromatic heterocycles. The quantitative estimate of drug-likeness (QED) is 0.369. The first-order valence-electron chi connectivity index (χ1n) is 5.86. The van der Waals surface area contributed by atoms with E-state index >= 15 is 0 Å². The van der Waals surface area contributed by atoms with Crippen molar-refractivity contribution < 1.29 is 9.72 Å². The van der Waals surface area contributed by atoms with Crippen LogP contribution in [0.5, 0.6) is 0 Å². The molecule has 104 valence electrons. The standard InChI is InChI=1S/C13H14N4O3/c1-9(2)16-13(18)10(7-14)8-15-11-4-3-5-12(6-11)17(19)20/h3-6,8-9,15H,1-2H3,(H,16,18)/b10-8-. The normalized spacial score (nSPS) is 10.8. The molecule has 1 rings (SSSR count). The van der Waals surface area contributed by atoms with Gasteiger partial charge in [0, 0.05) is 30.1 Å². The third-order valence-electron chi connectivity index (χ3n) is 2.22. The van der Waals surface area contributed by atoms with E-state index in [4.69, 9.17) is 5.26 Å². The molecule has 0 spiro atoms. The summed E-state index contributed by atoms with van der Waals surface area (Å²) >= 11 is 0. The smallest absolute Gasteiger partial charge is 0.271 e. The number of hydrogen-bond acceptors (Lipinski definition) is 5. The van der Waals surface area contributed by atoms with E-state index in [0.29, 0.717) is 5.69 Å². The minimum Gasteiger partial charge on any atom is -0.360 e. The van der Waals surface area contributed by atoms with Crippen LogP contribution in [0.15, 0.2) is 36.0 Å². The van der Waals surface area contributed by atoms with E-state index in [2.05, 4.69) is 10.6 Å². The number of anilines is 1. The van der Waals surface area contributed by atoms with Crippen molar-refractivity contribution in [2.45, 2.75) is 19.9 Å². The monoisotopic (exact) mass is 274 g/mol. The number of non-ortho nitro benzene ring substituents is 1. The Morgan fingerprint density at radius 1 is 1.50 bits per heavy atom. The highest BCUT2D eigenvalue weighted by molar-refractivity contribution is 5.97. The van der Waals surface area contributed by atoms with Gasteiger partial charge in [-0.3, -0.25) is 14.9 Å². The third-order valence-corrected chi connectivity index (χ3v) is 2.22. The van der Waals surface area contributed by atoms with Gasteiger partial charge in [-0.2, -0.15) is 5.26 Å². The molecule has 0 bridgehead atoms. The van der Waals surface area contributed by atoms with Gasteiger partial charge in [-0.1, -0.05) is 6.07 Å². The molecular formula is C13H14N4O3. The topological polar surface area (TPSA) is 108 Å². The average molecular weight is 274 g/mol. The van der Waals surface area contributed by atoms with Crippen molar-refractivity contribution in [1.82, 2.24) is 5.32 Å². The summed E-state index contributed by atoms with van der Waals surface area (Å²) in [6.45, 7) is 3.56. The molecule has 0 saturated heterocycles. The Labute approximate surface area is 116 Å². The highest BCUT2D eigenvalue weighted by atomic mass is 16.6. The van der Waals surface area contributed by atoms with Gasteiger partial charge in [0.1, 0.15) is 11.6 Å². The second kappa shape index (κ2) is 6.89. The first-order chi connectivity index (χ1) is 9.43. The van der Waals surface area contributed by atoms with Crippen LogP contribution in [-0.4, -0.2) is 16.9 Å². The summed E-state index contributed by atoms with van der Waals surface area (Å²) in [6, 6.07) is 7.45. The number of nitriles is 1. The van der Waals surface area contributed by atoms with Crippen molar-refractivity contribution in [1.29, 1.82) is 5.26 Å². The van der Waals surface area contributed by atoms with Crippen molar-refractivity contribution in [3.05, 3.63) is 46.2 Å². The Hall–Kier alpha value is -2.88. The summed E-state index contributed by atoms with van der Waals surface area (Å²) < 4.78 is 0. The highest BCUT2D eigenvalue weighted by Gasteiger charge is 2.10. The summed E-state index contributed by atoms with van der Waals surface area (Å²) in [5, 5.41) is 24.8. The molecule has 0 aliphatic rings. The van der Waals surface area contributed by atoms with E-state index in [1.54, 1.807) is 26.0 Å². The molecule has 0 aliphatic carbocycles. The zero-order valence-corrected chi connectivity index (χ0v) is 11.1. The molecule has 1 aromatic rings. The van der Waals surface area contributed by atoms with Crippen LogP contribution in [-0.2, 0) is 4.79 Å². The largest absolute Gasteiger partial charge is 0.360 e. The van der Waals surface area contributed by atoms with E-state index in [9.17, 15) is 14.9 Å². The Balaban J connectivity index is 2.84. The summed E-state index contributed by atoms with van der Waals surface area (Å²) in [7, 11) is 0. The number of amides is 1. The molecule has 20 heavy (non-hydrogen) atoms. The van der Waals surface area contributed by atoms with Crippen LogP contribution < -0.4 is 10.6 Å². The fourth-order valence-electron chi connectivity index (χ4n) is 1.35. The maximum atomic E-state index is 11.6. The Morgan fingerprint density at radius 2 is 2.20 bits per heavy atom. The fourth-order valence-corrected chi connectivity index (χ4v) is 1.35. The Bertz CT molecular complexity index is 588. The molecule has 0 heterocycles. The summed E-state index contributed by atoms with van der Waals surface area (Å²) in [6.07, 6.45) is 1.22. The lowest BCUT2D eigenvalue weighted by Crippen LogP contribution is -2.31. The van der Waals surface area contributed by atoms with Gasteiger partial charge in [-0.15, -0.1) is 0 Å². The molecule has 0 atom stereocenters. The first-order valence-corrected chi connectivity index (χ1v) is 5.86. The molecule has 0 radical (unpaired) electrons. The minimum atomic E-state index is -0.522. The van der Waals surface area contributed by atoms with Crippen LogP contribution in [0.25, 0.3) is 0 Å². The maximum Gasteiger partial charge on any atom is 0.271 e. The second-order valence-corrected chi connectivity index (χ2v) is 4.25. The number of nitrogens with zero attached hydrogens (tertiary/aromatic N) is 2. The lowest BCUT2D eigenvalue weighted by atomic mass is 10.2. The van der Waals surface area contributed by atoms with Gasteiger partial charge in [0.25, 0.3) is 11.6 Å². The lowest BCUT2D eigenvalue weighted by Gasteiger charge is -2.07. The van der Waals surface area contributed by atoms with Crippen LogP contribution >= 0.6 is 0 Å². The number of nitro groups is 1. The lowest BCUT2D eigenvalue weighted by molar-refractivity contribution is -0.384. The average Bonchev–Trinajstić information content (AvgIpc) is 2.39. The number of nitro benzene ring substituents is 1. The molecule has 2 N–H and O–H groups in total. The van der Waals surface area contributed by atoms with Gasteiger partial charge in [0.05, 0.1) is 4.92 Å². The van der Waals surface area contributed by atoms with Gasteiger partial charge in [-0.25, -0.2) is 0 Å². The fraction of sp³-hybridized carbons (Fsp3) is 0.231. The predicted molar refractivity (Wildman–Crippen MR) is 73.7 cm³/mol. The van der Waals surface area contributed by atoms with Crippen LogP contribution in [0, 0.1) is 21.4 Å². The molecule has 0 saturated carbocycles. The van der Waals surface area contributed by atoms with Crippen molar-refractivity contribution >= 4 is 17.3 Å². The van der Waals surface area contributed by atoms with Gasteiger partial charge in [0.15, 0.2) is 0 Å². The SMILES string of the molecule is CC(C)NC(=O)/C(C#N)=C\Nc1cccc([N+](=O)[O-])c1. The third kappa shape index (κ3) is 4.42. The van der Waals surface area contributed by atoms with Crippen LogP contribution in [0.1, 0.15) is 13.8 Å². The number of rotatable bonds is 5. The second-order valence-electron chi connectivity index (χ2n) is 4.25. The molecular weight excluding hydrogens is 260 g/mol. The first kappa shape index (κ1) is 15.2. The van der Waals surface area contributed by atoms with Crippen LogP contribution in [0.4, 0.5) is 11.4 Å². The number of carbonyl (C=O) groups is 1.